The molecule has 0 bridgehead atoms. The Balaban J connectivity index is 1.72. The molecule has 16 heavy (non-hydrogen) atoms. The smallest absolute Gasteiger partial charge is 0.105 e. The number of nitrogens with one attached hydrogen (secondary N) is 1. The molecule has 0 aromatic carbocycles. The molecule has 2 aliphatic heterocycles. The molecule has 2 aliphatic rings. The van der Waals surface area contributed by atoms with E-state index < -0.39 is 0 Å². The fraction of sp³-hybridized carbons (Fsp3) is 0.750. The van der Waals surface area contributed by atoms with E-state index in [-0.39, 0.29) is 0 Å². The second-order valence-electron chi connectivity index (χ2n) is 4.88. The lowest BCUT2D eigenvalue weighted by Gasteiger charge is -2.37. The number of nitrogens with zero attached hydrogens (tertiary/aromatic N) is 3. The van der Waals surface area contributed by atoms with E-state index in [4.69, 9.17) is 0 Å². The Morgan fingerprint density at radius 3 is 2.94 bits per heavy atom. The van der Waals surface area contributed by atoms with E-state index >= 15 is 0 Å². The van der Waals surface area contributed by atoms with Crippen molar-refractivity contribution < 1.29 is 0 Å². The van der Waals surface area contributed by atoms with Gasteiger partial charge in [0, 0.05) is 57.1 Å². The maximum atomic E-state index is 4.41. The van der Waals surface area contributed by atoms with Crippen LogP contribution in [0.25, 0.3) is 0 Å². The SMILES string of the molecule is Cc1ncc2n1CCC(N1CCNCC1)C2. The van der Waals surface area contributed by atoms with Gasteiger partial charge in [-0.15, -0.1) is 0 Å². The van der Waals surface area contributed by atoms with Crippen LogP contribution in [-0.2, 0) is 13.0 Å². The van der Waals surface area contributed by atoms with Gasteiger partial charge in [0.2, 0.25) is 0 Å². The molecule has 3 rings (SSSR count). The average molecular weight is 220 g/mol. The first-order valence-corrected chi connectivity index (χ1v) is 6.30. The Morgan fingerprint density at radius 2 is 2.12 bits per heavy atom. The van der Waals surface area contributed by atoms with Gasteiger partial charge in [0.25, 0.3) is 0 Å². The summed E-state index contributed by atoms with van der Waals surface area (Å²) in [5, 5.41) is 3.42. The fourth-order valence-electron chi connectivity index (χ4n) is 2.96. The summed E-state index contributed by atoms with van der Waals surface area (Å²) in [5.74, 6) is 1.17. The molecule has 0 aliphatic carbocycles. The largest absolute Gasteiger partial charge is 0.332 e. The van der Waals surface area contributed by atoms with E-state index in [0.717, 1.165) is 25.7 Å². The number of piperazine rings is 1. The minimum absolute atomic E-state index is 0.741. The lowest BCUT2D eigenvalue weighted by Crippen LogP contribution is -2.50. The van der Waals surface area contributed by atoms with Crippen LogP contribution in [-0.4, -0.2) is 46.7 Å². The summed E-state index contributed by atoms with van der Waals surface area (Å²) in [6.45, 7) is 7.96. The molecule has 0 spiro atoms. The van der Waals surface area contributed by atoms with E-state index in [1.165, 1.54) is 37.4 Å². The summed E-state index contributed by atoms with van der Waals surface area (Å²) in [6.07, 6.45) is 4.52. The number of fused-ring (bicyclic) bond motifs is 1. The van der Waals surface area contributed by atoms with Gasteiger partial charge in [-0.1, -0.05) is 0 Å². The highest BCUT2D eigenvalue weighted by Crippen LogP contribution is 2.21. The van der Waals surface area contributed by atoms with Gasteiger partial charge in [-0.25, -0.2) is 4.98 Å². The molecule has 1 fully saturated rings. The van der Waals surface area contributed by atoms with E-state index in [0.29, 0.717) is 0 Å². The van der Waals surface area contributed by atoms with Crippen LogP contribution < -0.4 is 5.32 Å². The van der Waals surface area contributed by atoms with E-state index in [2.05, 4.69) is 32.9 Å². The van der Waals surface area contributed by atoms with Gasteiger partial charge in [-0.05, 0) is 13.3 Å². The highest BCUT2D eigenvalue weighted by Gasteiger charge is 2.25. The lowest BCUT2D eigenvalue weighted by molar-refractivity contribution is 0.148. The predicted octanol–water partition coefficient (Wildman–Crippen LogP) is 0.412. The van der Waals surface area contributed by atoms with Crippen molar-refractivity contribution in [1.82, 2.24) is 19.8 Å². The molecular weight excluding hydrogens is 200 g/mol. The molecule has 0 saturated carbocycles. The van der Waals surface area contributed by atoms with Gasteiger partial charge >= 0.3 is 0 Å². The van der Waals surface area contributed by atoms with Crippen LogP contribution in [0.4, 0.5) is 0 Å². The van der Waals surface area contributed by atoms with Gasteiger partial charge < -0.3 is 9.88 Å². The summed E-state index contributed by atoms with van der Waals surface area (Å²) < 4.78 is 2.37. The van der Waals surface area contributed by atoms with Crippen LogP contribution in [0.3, 0.4) is 0 Å². The molecule has 1 aromatic rings. The third kappa shape index (κ3) is 1.76. The highest BCUT2D eigenvalue weighted by molar-refractivity contribution is 5.09. The van der Waals surface area contributed by atoms with Crippen LogP contribution in [0, 0.1) is 6.92 Å². The van der Waals surface area contributed by atoms with Gasteiger partial charge in [0.15, 0.2) is 0 Å². The maximum absolute atomic E-state index is 4.41. The Bertz CT molecular complexity index is 365. The molecule has 4 nitrogen and oxygen atoms in total. The van der Waals surface area contributed by atoms with E-state index in [1.807, 2.05) is 0 Å². The van der Waals surface area contributed by atoms with Gasteiger partial charge in [0.05, 0.1) is 0 Å². The maximum Gasteiger partial charge on any atom is 0.105 e. The fourth-order valence-corrected chi connectivity index (χ4v) is 2.96. The Morgan fingerprint density at radius 1 is 1.31 bits per heavy atom. The quantitative estimate of drug-likeness (QED) is 0.744. The highest BCUT2D eigenvalue weighted by atomic mass is 15.2. The second-order valence-corrected chi connectivity index (χ2v) is 4.88. The van der Waals surface area contributed by atoms with Crippen molar-refractivity contribution in [1.29, 1.82) is 0 Å². The first-order chi connectivity index (χ1) is 7.84. The average Bonchev–Trinajstić information content (AvgIpc) is 2.72. The normalized spacial score (nSPS) is 26.7. The number of hydrogen-bond acceptors (Lipinski definition) is 3. The number of aromatic nitrogens is 2. The number of hydrogen-bond donors (Lipinski definition) is 1. The zero-order chi connectivity index (χ0) is 11.0. The Hall–Kier alpha value is -0.870. The predicted molar refractivity (Wildman–Crippen MR) is 63.5 cm³/mol. The van der Waals surface area contributed by atoms with Crippen molar-refractivity contribution in [3.05, 3.63) is 17.7 Å². The van der Waals surface area contributed by atoms with Crippen LogP contribution in [0.2, 0.25) is 0 Å². The Labute approximate surface area is 96.7 Å². The van der Waals surface area contributed by atoms with Crippen molar-refractivity contribution in [2.75, 3.05) is 26.2 Å². The zero-order valence-electron chi connectivity index (χ0n) is 9.95. The molecule has 0 radical (unpaired) electrons. The molecule has 1 atom stereocenters. The van der Waals surface area contributed by atoms with Crippen LogP contribution in [0.5, 0.6) is 0 Å². The zero-order valence-corrected chi connectivity index (χ0v) is 9.95. The number of imidazole rings is 1. The van der Waals surface area contributed by atoms with Crippen molar-refractivity contribution in [3.63, 3.8) is 0 Å². The standard InChI is InChI=1S/C12H20N4/c1-10-14-9-12-8-11(2-5-16(10)12)15-6-3-13-4-7-15/h9,11,13H,2-8H2,1H3. The first kappa shape index (κ1) is 10.3. The molecule has 1 N–H and O–H groups in total. The second kappa shape index (κ2) is 4.18. The minimum atomic E-state index is 0.741. The molecule has 88 valence electrons. The topological polar surface area (TPSA) is 33.1 Å². The van der Waals surface area contributed by atoms with Gasteiger partial charge in [-0.2, -0.15) is 0 Å². The molecular formula is C12H20N4. The summed E-state index contributed by atoms with van der Waals surface area (Å²) in [4.78, 5) is 7.05. The van der Waals surface area contributed by atoms with Gasteiger partial charge in [-0.3, -0.25) is 4.90 Å². The summed E-state index contributed by atoms with van der Waals surface area (Å²) in [5.41, 5.74) is 1.42. The van der Waals surface area contributed by atoms with E-state index in [1.54, 1.807) is 0 Å². The molecule has 1 unspecified atom stereocenters. The molecule has 1 aromatic heterocycles. The lowest BCUT2D eigenvalue weighted by atomic mass is 10.0. The first-order valence-electron chi connectivity index (χ1n) is 6.30. The third-order valence-electron chi connectivity index (χ3n) is 3.94. The van der Waals surface area contributed by atoms with Crippen molar-refractivity contribution in [3.8, 4) is 0 Å². The number of rotatable bonds is 1. The van der Waals surface area contributed by atoms with Crippen LogP contribution in [0.1, 0.15) is 17.9 Å². The summed E-state index contributed by atoms with van der Waals surface area (Å²) in [6, 6.07) is 0.741. The van der Waals surface area contributed by atoms with Crippen molar-refractivity contribution in [2.24, 2.45) is 0 Å². The van der Waals surface area contributed by atoms with Crippen molar-refractivity contribution >= 4 is 0 Å². The summed E-state index contributed by atoms with van der Waals surface area (Å²) in [7, 11) is 0. The number of aryl methyl sites for hydroxylation is 1. The minimum Gasteiger partial charge on any atom is -0.332 e. The Kier molecular flexibility index (Phi) is 2.69. The van der Waals surface area contributed by atoms with Crippen molar-refractivity contribution in [2.45, 2.75) is 32.4 Å². The van der Waals surface area contributed by atoms with Gasteiger partial charge in [0.1, 0.15) is 5.82 Å². The molecule has 1 saturated heterocycles. The molecule has 4 heteroatoms. The molecule has 0 amide bonds. The summed E-state index contributed by atoms with van der Waals surface area (Å²) >= 11 is 0. The van der Waals surface area contributed by atoms with E-state index in [9.17, 15) is 0 Å². The van der Waals surface area contributed by atoms with Crippen LogP contribution in [0.15, 0.2) is 6.20 Å². The monoisotopic (exact) mass is 220 g/mol. The third-order valence-corrected chi connectivity index (χ3v) is 3.94. The molecule has 3 heterocycles. The van der Waals surface area contributed by atoms with Crippen LogP contribution >= 0.6 is 0 Å².